The molecule has 1 aliphatic carbocycles. The summed E-state index contributed by atoms with van der Waals surface area (Å²) in [6.45, 7) is 0. The van der Waals surface area contributed by atoms with Crippen LogP contribution in [0.3, 0.4) is 0 Å². The molecule has 0 N–H and O–H groups in total. The maximum Gasteiger partial charge on any atom is 0.261 e. The SMILES string of the molecule is CN(C(=O)c1cc(Br)cc(S(=O)(=O)Cl)c1)C1CC1. The van der Waals surface area contributed by atoms with Gasteiger partial charge < -0.3 is 4.90 Å². The summed E-state index contributed by atoms with van der Waals surface area (Å²) < 4.78 is 23.1. The van der Waals surface area contributed by atoms with Gasteiger partial charge in [-0.1, -0.05) is 15.9 Å². The maximum atomic E-state index is 12.1. The number of rotatable bonds is 3. The largest absolute Gasteiger partial charge is 0.339 e. The first-order valence-corrected chi connectivity index (χ1v) is 8.41. The van der Waals surface area contributed by atoms with Gasteiger partial charge in [0.2, 0.25) is 0 Å². The second-order valence-electron chi connectivity index (χ2n) is 4.26. The molecule has 2 rings (SSSR count). The summed E-state index contributed by atoms with van der Waals surface area (Å²) in [6.07, 6.45) is 1.99. The highest BCUT2D eigenvalue weighted by atomic mass is 79.9. The zero-order chi connectivity index (χ0) is 13.5. The highest BCUT2D eigenvalue weighted by Gasteiger charge is 2.30. The molecule has 18 heavy (non-hydrogen) atoms. The van der Waals surface area contributed by atoms with E-state index in [1.54, 1.807) is 18.0 Å². The van der Waals surface area contributed by atoms with Crippen molar-refractivity contribution in [3.05, 3.63) is 28.2 Å². The number of hydrogen-bond donors (Lipinski definition) is 0. The first-order chi connectivity index (χ1) is 8.29. The van der Waals surface area contributed by atoms with Crippen molar-refractivity contribution in [1.29, 1.82) is 0 Å². The molecule has 0 bridgehead atoms. The van der Waals surface area contributed by atoms with Crippen molar-refractivity contribution in [3.8, 4) is 0 Å². The second kappa shape index (κ2) is 4.83. The fourth-order valence-electron chi connectivity index (χ4n) is 1.66. The molecular weight excluding hydrogens is 342 g/mol. The lowest BCUT2D eigenvalue weighted by Crippen LogP contribution is -2.28. The van der Waals surface area contributed by atoms with E-state index < -0.39 is 9.05 Å². The average Bonchev–Trinajstić information content (AvgIpc) is 3.08. The number of amides is 1. The van der Waals surface area contributed by atoms with E-state index >= 15 is 0 Å². The summed E-state index contributed by atoms with van der Waals surface area (Å²) in [5.74, 6) is -0.194. The quantitative estimate of drug-likeness (QED) is 0.786. The van der Waals surface area contributed by atoms with Crippen LogP contribution in [0.15, 0.2) is 27.6 Å². The van der Waals surface area contributed by atoms with E-state index in [2.05, 4.69) is 15.9 Å². The van der Waals surface area contributed by atoms with Gasteiger partial charge in [0.25, 0.3) is 15.0 Å². The third kappa shape index (κ3) is 3.05. The molecule has 1 aliphatic rings. The normalized spacial score (nSPS) is 15.5. The lowest BCUT2D eigenvalue weighted by atomic mass is 10.2. The lowest BCUT2D eigenvalue weighted by Gasteiger charge is -2.16. The van der Waals surface area contributed by atoms with Gasteiger partial charge in [-0.3, -0.25) is 4.79 Å². The van der Waals surface area contributed by atoms with E-state index in [4.69, 9.17) is 10.7 Å². The number of benzene rings is 1. The summed E-state index contributed by atoms with van der Waals surface area (Å²) in [7, 11) is 3.17. The molecule has 98 valence electrons. The summed E-state index contributed by atoms with van der Waals surface area (Å²) in [4.78, 5) is 13.7. The molecule has 7 heteroatoms. The number of hydrogen-bond acceptors (Lipinski definition) is 3. The van der Waals surface area contributed by atoms with E-state index in [0.717, 1.165) is 12.8 Å². The van der Waals surface area contributed by atoms with E-state index in [1.165, 1.54) is 12.1 Å². The van der Waals surface area contributed by atoms with Crippen LogP contribution in [0.4, 0.5) is 0 Å². The molecule has 1 aromatic rings. The van der Waals surface area contributed by atoms with Gasteiger partial charge in [-0.25, -0.2) is 8.42 Å². The average molecular weight is 353 g/mol. The van der Waals surface area contributed by atoms with Crippen LogP contribution in [0.1, 0.15) is 23.2 Å². The van der Waals surface area contributed by atoms with Crippen molar-refractivity contribution in [2.24, 2.45) is 0 Å². The van der Waals surface area contributed by atoms with Gasteiger partial charge in [0.1, 0.15) is 0 Å². The summed E-state index contributed by atoms with van der Waals surface area (Å²) in [5.41, 5.74) is 0.318. The molecule has 0 aliphatic heterocycles. The molecule has 1 fully saturated rings. The van der Waals surface area contributed by atoms with Crippen molar-refractivity contribution in [3.63, 3.8) is 0 Å². The molecule has 0 spiro atoms. The Balaban J connectivity index is 2.39. The fourth-order valence-corrected chi connectivity index (χ4v) is 3.11. The van der Waals surface area contributed by atoms with Gasteiger partial charge in [-0.2, -0.15) is 0 Å². The predicted octanol–water partition coefficient (Wildman–Crippen LogP) is 2.61. The van der Waals surface area contributed by atoms with Crippen LogP contribution >= 0.6 is 26.6 Å². The van der Waals surface area contributed by atoms with Crippen LogP contribution in [0.2, 0.25) is 0 Å². The molecule has 0 aromatic heterocycles. The highest BCUT2D eigenvalue weighted by Crippen LogP contribution is 2.28. The molecule has 0 unspecified atom stereocenters. The zero-order valence-corrected chi connectivity index (χ0v) is 12.7. The molecule has 0 radical (unpaired) electrons. The van der Waals surface area contributed by atoms with E-state index in [-0.39, 0.29) is 16.8 Å². The lowest BCUT2D eigenvalue weighted by molar-refractivity contribution is 0.0785. The maximum absolute atomic E-state index is 12.1. The third-order valence-electron chi connectivity index (χ3n) is 2.81. The van der Waals surface area contributed by atoms with Crippen LogP contribution in [0, 0.1) is 0 Å². The van der Waals surface area contributed by atoms with Crippen molar-refractivity contribution in [2.75, 3.05) is 7.05 Å². The Morgan fingerprint density at radius 3 is 2.50 bits per heavy atom. The Labute approximate surface area is 118 Å². The summed E-state index contributed by atoms with van der Waals surface area (Å²) in [5, 5.41) is 0. The first-order valence-electron chi connectivity index (χ1n) is 5.31. The zero-order valence-electron chi connectivity index (χ0n) is 9.56. The van der Waals surface area contributed by atoms with Gasteiger partial charge in [0.15, 0.2) is 0 Å². The fraction of sp³-hybridized carbons (Fsp3) is 0.364. The van der Waals surface area contributed by atoms with Crippen LogP contribution in [0.25, 0.3) is 0 Å². The van der Waals surface area contributed by atoms with E-state index in [9.17, 15) is 13.2 Å². The molecule has 4 nitrogen and oxygen atoms in total. The van der Waals surface area contributed by atoms with Gasteiger partial charge in [0, 0.05) is 33.8 Å². The Morgan fingerprint density at radius 2 is 2.00 bits per heavy atom. The molecule has 0 heterocycles. The number of carbonyl (C=O) groups excluding carboxylic acids is 1. The second-order valence-corrected chi connectivity index (χ2v) is 7.74. The van der Waals surface area contributed by atoms with Crippen molar-refractivity contribution in [2.45, 2.75) is 23.8 Å². The Morgan fingerprint density at radius 1 is 1.39 bits per heavy atom. The first kappa shape index (κ1) is 13.8. The number of halogens is 2. The van der Waals surface area contributed by atoms with E-state index in [0.29, 0.717) is 10.0 Å². The van der Waals surface area contributed by atoms with Gasteiger partial charge in [-0.05, 0) is 31.0 Å². The van der Waals surface area contributed by atoms with Gasteiger partial charge in [-0.15, -0.1) is 0 Å². The van der Waals surface area contributed by atoms with Gasteiger partial charge in [0.05, 0.1) is 4.90 Å². The topological polar surface area (TPSA) is 54.5 Å². The number of carbonyl (C=O) groups is 1. The van der Waals surface area contributed by atoms with Crippen LogP contribution in [-0.2, 0) is 9.05 Å². The third-order valence-corrected chi connectivity index (χ3v) is 4.61. The molecule has 1 saturated carbocycles. The van der Waals surface area contributed by atoms with Crippen molar-refractivity contribution >= 4 is 41.6 Å². The van der Waals surface area contributed by atoms with Crippen LogP contribution < -0.4 is 0 Å². The Kier molecular flexibility index (Phi) is 3.71. The molecule has 1 aromatic carbocycles. The van der Waals surface area contributed by atoms with Crippen LogP contribution in [-0.4, -0.2) is 32.3 Å². The van der Waals surface area contributed by atoms with Crippen molar-refractivity contribution in [1.82, 2.24) is 4.90 Å². The minimum absolute atomic E-state index is 0.0777. The van der Waals surface area contributed by atoms with Gasteiger partial charge >= 0.3 is 0 Å². The number of nitrogens with zero attached hydrogens (tertiary/aromatic N) is 1. The monoisotopic (exact) mass is 351 g/mol. The smallest absolute Gasteiger partial charge is 0.261 e. The standard InChI is InChI=1S/C11H11BrClNO3S/c1-14(9-2-3-9)11(15)7-4-8(12)6-10(5-7)18(13,16)17/h4-6,9H,2-3H2,1H3. The molecule has 1 amide bonds. The minimum Gasteiger partial charge on any atom is -0.339 e. The van der Waals surface area contributed by atoms with Crippen LogP contribution in [0.5, 0.6) is 0 Å². The Bertz CT molecular complexity index is 598. The van der Waals surface area contributed by atoms with Crippen molar-refractivity contribution < 1.29 is 13.2 Å². The predicted molar refractivity (Wildman–Crippen MR) is 72.3 cm³/mol. The molecule has 0 saturated heterocycles. The molecule has 0 atom stereocenters. The Hall–Kier alpha value is -0.590. The van der Waals surface area contributed by atoms with E-state index in [1.807, 2.05) is 0 Å². The minimum atomic E-state index is -3.84. The summed E-state index contributed by atoms with van der Waals surface area (Å²) in [6, 6.07) is 4.53. The highest BCUT2D eigenvalue weighted by molar-refractivity contribution is 9.10. The molecular formula is C11H11BrClNO3S. The summed E-state index contributed by atoms with van der Waals surface area (Å²) >= 11 is 3.18.